The van der Waals surface area contributed by atoms with Gasteiger partial charge in [0, 0.05) is 24.6 Å². The molecule has 1 aromatic heterocycles. The van der Waals surface area contributed by atoms with Gasteiger partial charge in [-0.05, 0) is 25.0 Å². The predicted octanol–water partition coefficient (Wildman–Crippen LogP) is 2.07. The highest BCUT2D eigenvalue weighted by Crippen LogP contribution is 2.27. The van der Waals surface area contributed by atoms with Crippen molar-refractivity contribution < 1.29 is 18.3 Å². The van der Waals surface area contributed by atoms with Gasteiger partial charge in [0.2, 0.25) is 0 Å². The SMILES string of the molecule is CCC(CC)N(CCOC)S(=O)(=O)c1ccc(CO)s1. The highest BCUT2D eigenvalue weighted by atomic mass is 32.2. The Hall–Kier alpha value is -0.470. The number of thiophene rings is 1. The summed E-state index contributed by atoms with van der Waals surface area (Å²) in [5, 5.41) is 9.08. The minimum absolute atomic E-state index is 0.0326. The average molecular weight is 321 g/mol. The number of hydrogen-bond acceptors (Lipinski definition) is 5. The van der Waals surface area contributed by atoms with Gasteiger partial charge in [-0.3, -0.25) is 0 Å². The van der Waals surface area contributed by atoms with Gasteiger partial charge in [0.1, 0.15) is 4.21 Å². The molecule has 1 N–H and O–H groups in total. The van der Waals surface area contributed by atoms with Crippen LogP contribution in [0.5, 0.6) is 0 Å². The molecule has 20 heavy (non-hydrogen) atoms. The Bertz CT molecular complexity index is 494. The summed E-state index contributed by atoms with van der Waals surface area (Å²) in [6.45, 7) is 4.54. The number of ether oxygens (including phenoxy) is 1. The van der Waals surface area contributed by atoms with Crippen LogP contribution in [0.2, 0.25) is 0 Å². The van der Waals surface area contributed by atoms with Crippen molar-refractivity contribution in [3.63, 3.8) is 0 Å². The monoisotopic (exact) mass is 321 g/mol. The zero-order chi connectivity index (χ0) is 15.2. The quantitative estimate of drug-likeness (QED) is 0.756. The van der Waals surface area contributed by atoms with E-state index in [0.29, 0.717) is 18.0 Å². The highest BCUT2D eigenvalue weighted by molar-refractivity contribution is 7.91. The van der Waals surface area contributed by atoms with Crippen LogP contribution in [0.15, 0.2) is 16.3 Å². The topological polar surface area (TPSA) is 66.8 Å². The number of sulfonamides is 1. The third kappa shape index (κ3) is 4.02. The second kappa shape index (κ2) is 8.09. The van der Waals surface area contributed by atoms with E-state index in [1.165, 1.54) is 4.31 Å². The normalized spacial score (nSPS) is 12.5. The largest absolute Gasteiger partial charge is 0.391 e. The van der Waals surface area contributed by atoms with Gasteiger partial charge < -0.3 is 9.84 Å². The lowest BCUT2D eigenvalue weighted by Gasteiger charge is -2.28. The molecule has 0 amide bonds. The van der Waals surface area contributed by atoms with Gasteiger partial charge >= 0.3 is 0 Å². The maximum Gasteiger partial charge on any atom is 0.252 e. The lowest BCUT2D eigenvalue weighted by molar-refractivity contribution is 0.163. The van der Waals surface area contributed by atoms with E-state index in [2.05, 4.69) is 0 Å². The highest BCUT2D eigenvalue weighted by Gasteiger charge is 2.30. The molecule has 0 atom stereocenters. The number of hydrogen-bond donors (Lipinski definition) is 1. The van der Waals surface area contributed by atoms with E-state index in [1.807, 2.05) is 13.8 Å². The van der Waals surface area contributed by atoms with Crippen LogP contribution in [-0.2, 0) is 21.4 Å². The molecule has 7 heteroatoms. The van der Waals surface area contributed by atoms with Gasteiger partial charge in [0.05, 0.1) is 13.2 Å². The average Bonchev–Trinajstić information content (AvgIpc) is 2.93. The van der Waals surface area contributed by atoms with Gasteiger partial charge in [-0.25, -0.2) is 8.42 Å². The number of nitrogens with zero attached hydrogens (tertiary/aromatic N) is 1. The Morgan fingerprint density at radius 3 is 2.45 bits per heavy atom. The lowest BCUT2D eigenvalue weighted by atomic mass is 10.2. The molecule has 0 saturated heterocycles. The third-order valence-electron chi connectivity index (χ3n) is 3.22. The fraction of sp³-hybridized carbons (Fsp3) is 0.692. The zero-order valence-corrected chi connectivity index (χ0v) is 13.8. The van der Waals surface area contributed by atoms with Crippen molar-refractivity contribution in [2.45, 2.75) is 43.5 Å². The van der Waals surface area contributed by atoms with Crippen LogP contribution in [0.3, 0.4) is 0 Å². The molecule has 0 aliphatic heterocycles. The van der Waals surface area contributed by atoms with Crippen molar-refractivity contribution in [1.29, 1.82) is 0 Å². The fourth-order valence-electron chi connectivity index (χ4n) is 2.07. The van der Waals surface area contributed by atoms with Crippen LogP contribution in [0.4, 0.5) is 0 Å². The number of aliphatic hydroxyl groups excluding tert-OH is 1. The molecular weight excluding hydrogens is 298 g/mol. The Balaban J connectivity index is 3.08. The molecule has 0 aromatic carbocycles. The first-order chi connectivity index (χ1) is 9.51. The number of rotatable bonds is 9. The molecule has 0 radical (unpaired) electrons. The lowest BCUT2D eigenvalue weighted by Crippen LogP contribution is -2.41. The Labute approximate surface area is 125 Å². The molecule has 5 nitrogen and oxygen atoms in total. The van der Waals surface area contributed by atoms with E-state index in [9.17, 15) is 8.42 Å². The van der Waals surface area contributed by atoms with Crippen molar-refractivity contribution in [3.05, 3.63) is 17.0 Å². The first-order valence-corrected chi connectivity index (χ1v) is 8.97. The van der Waals surface area contributed by atoms with Gasteiger partial charge in [-0.2, -0.15) is 4.31 Å². The molecule has 1 aromatic rings. The van der Waals surface area contributed by atoms with Crippen LogP contribution < -0.4 is 0 Å². The molecule has 1 rings (SSSR count). The fourth-order valence-corrected chi connectivity index (χ4v) is 5.18. The van der Waals surface area contributed by atoms with E-state index in [0.717, 1.165) is 24.2 Å². The summed E-state index contributed by atoms with van der Waals surface area (Å²) in [5.74, 6) is 0. The van der Waals surface area contributed by atoms with Crippen LogP contribution in [-0.4, -0.2) is 44.1 Å². The van der Waals surface area contributed by atoms with Crippen molar-refractivity contribution >= 4 is 21.4 Å². The van der Waals surface area contributed by atoms with Crippen molar-refractivity contribution in [2.75, 3.05) is 20.3 Å². The van der Waals surface area contributed by atoms with Crippen LogP contribution in [0, 0.1) is 0 Å². The number of aliphatic hydroxyl groups is 1. The molecule has 0 aliphatic carbocycles. The van der Waals surface area contributed by atoms with Crippen LogP contribution in [0.1, 0.15) is 31.6 Å². The second-order valence-corrected chi connectivity index (χ2v) is 7.74. The smallest absolute Gasteiger partial charge is 0.252 e. The van der Waals surface area contributed by atoms with Gasteiger partial charge in [-0.1, -0.05) is 13.8 Å². The predicted molar refractivity (Wildman–Crippen MR) is 80.4 cm³/mol. The Morgan fingerprint density at radius 2 is 2.00 bits per heavy atom. The maximum atomic E-state index is 12.7. The number of methoxy groups -OCH3 is 1. The van der Waals surface area contributed by atoms with E-state index in [-0.39, 0.29) is 16.9 Å². The standard InChI is InChI=1S/C13H23NO4S2/c1-4-11(5-2)14(8-9-18-3)20(16,17)13-7-6-12(10-15)19-13/h6-7,11,15H,4-5,8-10H2,1-3H3. The summed E-state index contributed by atoms with van der Waals surface area (Å²) in [7, 11) is -1.96. The molecule has 0 spiro atoms. The molecular formula is C13H23NO4S2. The first kappa shape index (κ1) is 17.6. The minimum Gasteiger partial charge on any atom is -0.391 e. The van der Waals surface area contributed by atoms with Gasteiger partial charge in [0.25, 0.3) is 10.0 Å². The van der Waals surface area contributed by atoms with Gasteiger partial charge in [0.15, 0.2) is 0 Å². The van der Waals surface area contributed by atoms with E-state index in [4.69, 9.17) is 9.84 Å². The molecule has 0 saturated carbocycles. The molecule has 0 aliphatic rings. The molecule has 116 valence electrons. The molecule has 1 heterocycles. The van der Waals surface area contributed by atoms with E-state index in [1.54, 1.807) is 19.2 Å². The first-order valence-electron chi connectivity index (χ1n) is 6.71. The zero-order valence-electron chi connectivity index (χ0n) is 12.2. The summed E-state index contributed by atoms with van der Waals surface area (Å²) in [5.41, 5.74) is 0. The summed E-state index contributed by atoms with van der Waals surface area (Å²) < 4.78 is 32.3. The molecule has 0 fully saturated rings. The van der Waals surface area contributed by atoms with Crippen LogP contribution >= 0.6 is 11.3 Å². The summed E-state index contributed by atoms with van der Waals surface area (Å²) in [6.07, 6.45) is 1.52. The van der Waals surface area contributed by atoms with Gasteiger partial charge in [-0.15, -0.1) is 11.3 Å². The maximum absolute atomic E-state index is 12.7. The molecule has 0 unspecified atom stereocenters. The van der Waals surface area contributed by atoms with E-state index >= 15 is 0 Å². The Kier molecular flexibility index (Phi) is 7.11. The van der Waals surface area contributed by atoms with Crippen LogP contribution in [0.25, 0.3) is 0 Å². The van der Waals surface area contributed by atoms with E-state index < -0.39 is 10.0 Å². The van der Waals surface area contributed by atoms with Crippen molar-refractivity contribution in [1.82, 2.24) is 4.31 Å². The van der Waals surface area contributed by atoms with Crippen molar-refractivity contribution in [3.8, 4) is 0 Å². The Morgan fingerprint density at radius 1 is 1.35 bits per heavy atom. The third-order valence-corrected chi connectivity index (χ3v) is 6.71. The summed E-state index contributed by atoms with van der Waals surface area (Å²) >= 11 is 1.12. The second-order valence-electron chi connectivity index (χ2n) is 4.46. The molecule has 0 bridgehead atoms. The van der Waals surface area contributed by atoms with Crippen molar-refractivity contribution in [2.24, 2.45) is 0 Å². The summed E-state index contributed by atoms with van der Waals surface area (Å²) in [4.78, 5) is 0.653. The summed E-state index contributed by atoms with van der Waals surface area (Å²) in [6, 6.07) is 3.18. The minimum atomic E-state index is -3.53.